The fourth-order valence-corrected chi connectivity index (χ4v) is 5.80. The van der Waals surface area contributed by atoms with Crippen LogP contribution in [-0.2, 0) is 14.2 Å². The maximum atomic E-state index is 14.4. The lowest BCUT2D eigenvalue weighted by Gasteiger charge is -2.30. The van der Waals surface area contributed by atoms with Gasteiger partial charge in [0, 0.05) is 18.4 Å². The van der Waals surface area contributed by atoms with Gasteiger partial charge in [0.05, 0.1) is 29.9 Å². The van der Waals surface area contributed by atoms with Crippen molar-refractivity contribution in [1.82, 2.24) is 14.8 Å². The van der Waals surface area contributed by atoms with Crippen LogP contribution in [0.25, 0.3) is 11.0 Å². The molecular weight excluding hydrogens is 487 g/mol. The Bertz CT molecular complexity index is 1350. The molecule has 0 amide bonds. The first kappa shape index (κ1) is 23.6. The summed E-state index contributed by atoms with van der Waals surface area (Å²) in [5, 5.41) is 19.0. The third kappa shape index (κ3) is 3.59. The van der Waals surface area contributed by atoms with Crippen molar-refractivity contribution in [2.24, 2.45) is 0 Å². The van der Waals surface area contributed by atoms with Crippen molar-refractivity contribution in [3.05, 3.63) is 53.1 Å². The van der Waals surface area contributed by atoms with Crippen LogP contribution in [0.5, 0.6) is 0 Å². The summed E-state index contributed by atoms with van der Waals surface area (Å²) < 4.78 is 34.9. The van der Waals surface area contributed by atoms with Crippen LogP contribution < -0.4 is 5.32 Å². The monoisotopic (exact) mass is 512 g/mol. The Balaban J connectivity index is 1.38. The highest BCUT2D eigenvalue weighted by Gasteiger charge is 2.65. The summed E-state index contributed by atoms with van der Waals surface area (Å²) in [7, 11) is 0. The van der Waals surface area contributed by atoms with Gasteiger partial charge in [-0.3, -0.25) is 0 Å². The Morgan fingerprint density at radius 1 is 1.31 bits per heavy atom. The largest absolute Gasteiger partial charge is 0.392 e. The molecule has 5 atom stereocenters. The number of nitrogens with one attached hydrogen (secondary N) is 1. The van der Waals surface area contributed by atoms with Crippen LogP contribution in [0.4, 0.5) is 10.1 Å². The van der Waals surface area contributed by atoms with E-state index in [9.17, 15) is 9.50 Å². The highest BCUT2D eigenvalue weighted by molar-refractivity contribution is 6.30. The van der Waals surface area contributed by atoms with Gasteiger partial charge in [-0.1, -0.05) is 35.7 Å². The van der Waals surface area contributed by atoms with Gasteiger partial charge in [-0.2, -0.15) is 5.10 Å². The average molecular weight is 513 g/mol. The van der Waals surface area contributed by atoms with Crippen LogP contribution in [0.1, 0.15) is 50.4 Å². The predicted molar refractivity (Wildman–Crippen MR) is 131 cm³/mol. The molecule has 6 rings (SSSR count). The number of hydrogen-bond donors (Lipinski definition) is 2. The molecule has 4 heterocycles. The van der Waals surface area contributed by atoms with Gasteiger partial charge in [0.1, 0.15) is 23.2 Å². The molecule has 3 aromatic rings. The normalized spacial score (nSPS) is 29.5. The van der Waals surface area contributed by atoms with Crippen LogP contribution in [-0.4, -0.2) is 50.1 Å². The number of ether oxygens (including phenoxy) is 3. The van der Waals surface area contributed by atoms with Gasteiger partial charge in [0.25, 0.3) is 0 Å². The van der Waals surface area contributed by atoms with E-state index in [1.807, 2.05) is 6.92 Å². The zero-order valence-corrected chi connectivity index (χ0v) is 20.4. The van der Waals surface area contributed by atoms with Gasteiger partial charge in [-0.25, -0.2) is 14.1 Å². The third-order valence-electron chi connectivity index (χ3n) is 7.43. The molecule has 0 bridgehead atoms. The molecule has 188 valence electrons. The van der Waals surface area contributed by atoms with Gasteiger partial charge in [0.15, 0.2) is 23.3 Å². The fraction of sp³-hybridized carbons (Fsp3) is 0.462. The number of aliphatic hydroxyl groups is 1. The van der Waals surface area contributed by atoms with Crippen LogP contribution in [0.3, 0.4) is 0 Å². The van der Waals surface area contributed by atoms with Gasteiger partial charge in [-0.05, 0) is 31.9 Å². The SMILES string of the molecule is C#C[C@]1(CO)O[C@@H](n2ncc3c(NC(C)c4ccccc4F)cc(Cl)nc32)[C@@H]2OC3(CCCC3)O[C@@H]21. The molecular formula is C26H26ClFN4O4. The number of fused-ring (bicyclic) bond motifs is 2. The Hall–Kier alpha value is -2.74. The van der Waals surface area contributed by atoms with Gasteiger partial charge < -0.3 is 24.6 Å². The van der Waals surface area contributed by atoms with Gasteiger partial charge in [0.2, 0.25) is 0 Å². The molecule has 1 aliphatic carbocycles. The number of nitrogens with zero attached hydrogens (tertiary/aromatic N) is 3. The molecule has 1 saturated carbocycles. The first-order valence-corrected chi connectivity index (χ1v) is 12.4. The molecule has 2 aliphatic heterocycles. The summed E-state index contributed by atoms with van der Waals surface area (Å²) in [6.07, 6.45) is 8.93. The van der Waals surface area contributed by atoms with Gasteiger partial charge in [-0.15, -0.1) is 6.42 Å². The van der Waals surface area contributed by atoms with Crippen molar-refractivity contribution in [3.63, 3.8) is 0 Å². The third-order valence-corrected chi connectivity index (χ3v) is 7.62. The van der Waals surface area contributed by atoms with Crippen molar-refractivity contribution < 1.29 is 23.7 Å². The fourth-order valence-electron chi connectivity index (χ4n) is 5.61. The lowest BCUT2D eigenvalue weighted by molar-refractivity contribution is -0.228. The van der Waals surface area contributed by atoms with E-state index < -0.39 is 36.4 Å². The number of halogens is 2. The minimum atomic E-state index is -1.38. The zero-order chi connectivity index (χ0) is 25.1. The summed E-state index contributed by atoms with van der Waals surface area (Å²) in [6, 6.07) is 7.92. The Morgan fingerprint density at radius 2 is 2.08 bits per heavy atom. The van der Waals surface area contributed by atoms with Crippen molar-refractivity contribution >= 4 is 28.3 Å². The minimum Gasteiger partial charge on any atom is -0.392 e. The molecule has 0 radical (unpaired) electrons. The molecule has 8 nitrogen and oxygen atoms in total. The van der Waals surface area contributed by atoms with E-state index in [0.717, 1.165) is 25.7 Å². The molecule has 2 aromatic heterocycles. The van der Waals surface area contributed by atoms with Crippen LogP contribution in [0, 0.1) is 18.2 Å². The molecule has 3 fully saturated rings. The number of hydrogen-bond acceptors (Lipinski definition) is 7. The zero-order valence-electron chi connectivity index (χ0n) is 19.7. The van der Waals surface area contributed by atoms with Crippen molar-refractivity contribution in [3.8, 4) is 12.3 Å². The maximum absolute atomic E-state index is 14.4. The molecule has 2 N–H and O–H groups in total. The molecule has 10 heteroatoms. The minimum absolute atomic E-state index is 0.225. The molecule has 2 saturated heterocycles. The quantitative estimate of drug-likeness (QED) is 0.388. The molecule has 3 aliphatic rings. The highest BCUT2D eigenvalue weighted by atomic mass is 35.5. The second-order valence-electron chi connectivity index (χ2n) is 9.65. The number of aliphatic hydroxyl groups excluding tert-OH is 1. The second kappa shape index (κ2) is 8.68. The van der Waals surface area contributed by atoms with E-state index in [1.54, 1.807) is 35.1 Å². The van der Waals surface area contributed by atoms with Crippen LogP contribution in [0.15, 0.2) is 36.5 Å². The number of terminal acetylenes is 1. The summed E-state index contributed by atoms with van der Waals surface area (Å²) in [5.74, 6) is 1.57. The number of benzene rings is 1. The second-order valence-corrected chi connectivity index (χ2v) is 10.0. The van der Waals surface area contributed by atoms with E-state index in [4.69, 9.17) is 32.2 Å². The first-order chi connectivity index (χ1) is 17.4. The van der Waals surface area contributed by atoms with Crippen LogP contribution in [0.2, 0.25) is 5.15 Å². The summed E-state index contributed by atoms with van der Waals surface area (Å²) in [4.78, 5) is 4.50. The Morgan fingerprint density at radius 3 is 2.81 bits per heavy atom. The lowest BCUT2D eigenvalue weighted by Crippen LogP contribution is -2.45. The average Bonchev–Trinajstić information content (AvgIpc) is 3.64. The van der Waals surface area contributed by atoms with E-state index in [0.29, 0.717) is 22.3 Å². The predicted octanol–water partition coefficient (Wildman–Crippen LogP) is 4.34. The Labute approximate surface area is 212 Å². The number of pyridine rings is 1. The molecule has 36 heavy (non-hydrogen) atoms. The molecule has 1 spiro atoms. The first-order valence-electron chi connectivity index (χ1n) is 12.1. The number of anilines is 1. The molecule has 1 aromatic carbocycles. The lowest BCUT2D eigenvalue weighted by atomic mass is 9.97. The number of aromatic nitrogens is 3. The standard InChI is InChI=1S/C26H26ClFN4O4/c1-3-25(14-33)22-21(34-26(35-22)10-6-7-11-26)24(36-25)32-23-17(13-29-32)19(12-20(27)31-23)30-15(2)16-8-4-5-9-18(16)28/h1,4-5,8-9,12-13,15,21-22,24,33H,6-7,10-11,14H2,2H3,(H,30,31)/t15?,21-,22+,24-,25-/m1/s1. The van der Waals surface area contributed by atoms with Crippen LogP contribution >= 0.6 is 11.6 Å². The molecule has 1 unspecified atom stereocenters. The topological polar surface area (TPSA) is 90.7 Å². The van der Waals surface area contributed by atoms with Crippen molar-refractivity contribution in [2.45, 2.75) is 68.5 Å². The van der Waals surface area contributed by atoms with E-state index in [-0.39, 0.29) is 17.0 Å². The van der Waals surface area contributed by atoms with Gasteiger partial charge >= 0.3 is 0 Å². The van der Waals surface area contributed by atoms with Crippen molar-refractivity contribution in [1.29, 1.82) is 0 Å². The Kier molecular flexibility index (Phi) is 5.70. The van der Waals surface area contributed by atoms with E-state index >= 15 is 0 Å². The highest BCUT2D eigenvalue weighted by Crippen LogP contribution is 2.52. The number of rotatable bonds is 5. The summed E-state index contributed by atoms with van der Waals surface area (Å²) >= 11 is 6.41. The van der Waals surface area contributed by atoms with E-state index in [1.165, 1.54) is 6.07 Å². The summed E-state index contributed by atoms with van der Waals surface area (Å²) in [6.45, 7) is 1.43. The maximum Gasteiger partial charge on any atom is 0.183 e. The van der Waals surface area contributed by atoms with E-state index in [2.05, 4.69) is 21.3 Å². The summed E-state index contributed by atoms with van der Waals surface area (Å²) in [5.41, 5.74) is 0.227. The smallest absolute Gasteiger partial charge is 0.183 e. The van der Waals surface area contributed by atoms with Crippen molar-refractivity contribution in [2.75, 3.05) is 11.9 Å².